The first-order valence-corrected chi connectivity index (χ1v) is 10.3. The lowest BCUT2D eigenvalue weighted by Crippen LogP contribution is -2.46. The molecule has 1 unspecified atom stereocenters. The molecule has 2 aromatic carbocycles. The molecule has 0 saturated heterocycles. The maximum absolute atomic E-state index is 13.2. The minimum atomic E-state index is -2.16. The molecule has 0 bridgehead atoms. The maximum Gasteiger partial charge on any atom is 0.272 e. The van der Waals surface area contributed by atoms with E-state index < -0.39 is 5.91 Å². The van der Waals surface area contributed by atoms with Gasteiger partial charge < -0.3 is 25.4 Å². The highest BCUT2D eigenvalue weighted by Crippen LogP contribution is 2.26. The number of benzene rings is 2. The number of para-hydroxylation sites is 1. The van der Waals surface area contributed by atoms with E-state index in [2.05, 4.69) is 10.3 Å². The van der Waals surface area contributed by atoms with Gasteiger partial charge in [-0.05, 0) is 31.9 Å². The molecule has 1 amide bonds. The minimum absolute atomic E-state index is 0.0204. The van der Waals surface area contributed by atoms with Crippen LogP contribution in [0.1, 0.15) is 42.2 Å². The maximum atomic E-state index is 13.2. The molecule has 6 heteroatoms. The van der Waals surface area contributed by atoms with Crippen LogP contribution < -0.4 is 5.32 Å². The molecule has 156 valence electrons. The number of nitrogens with zero attached hydrogens (tertiary/aromatic N) is 1. The van der Waals surface area contributed by atoms with Crippen molar-refractivity contribution in [3.8, 4) is 0 Å². The average Bonchev–Trinajstić information content (AvgIpc) is 3.19. The summed E-state index contributed by atoms with van der Waals surface area (Å²) < 4.78 is 0. The molecule has 0 spiro atoms. The first kappa shape index (κ1) is 20.2. The number of allylic oxidation sites excluding steroid dienone is 1. The van der Waals surface area contributed by atoms with Crippen LogP contribution in [-0.2, 0) is 5.91 Å². The number of aliphatic hydroxyl groups is 2. The van der Waals surface area contributed by atoms with Crippen molar-refractivity contribution >= 4 is 16.8 Å². The fraction of sp³-hybridized carbons (Fsp3) is 0.292. The Bertz CT molecular complexity index is 1020. The summed E-state index contributed by atoms with van der Waals surface area (Å²) in [6.45, 7) is 2.55. The highest BCUT2D eigenvalue weighted by Gasteiger charge is 2.31. The van der Waals surface area contributed by atoms with E-state index in [9.17, 15) is 15.0 Å². The van der Waals surface area contributed by atoms with E-state index in [1.54, 1.807) is 24.3 Å². The predicted molar refractivity (Wildman–Crippen MR) is 116 cm³/mol. The third-order valence-corrected chi connectivity index (χ3v) is 5.66. The van der Waals surface area contributed by atoms with Crippen LogP contribution in [0.4, 0.5) is 0 Å². The summed E-state index contributed by atoms with van der Waals surface area (Å²) in [6.07, 6.45) is 4.10. The van der Waals surface area contributed by atoms with Crippen molar-refractivity contribution in [2.45, 2.75) is 38.1 Å². The molecule has 6 nitrogen and oxygen atoms in total. The van der Waals surface area contributed by atoms with Gasteiger partial charge in [0.25, 0.3) is 11.8 Å². The SMILES string of the molecule is CCN(C(=O)c1cc2ccccc2[nH]1)C1CCC=C(NC(O)(O)c2ccccc2)C1. The van der Waals surface area contributed by atoms with Gasteiger partial charge in [-0.3, -0.25) is 4.79 Å². The van der Waals surface area contributed by atoms with Crippen LogP contribution in [0.15, 0.2) is 72.4 Å². The molecule has 0 fully saturated rings. The van der Waals surface area contributed by atoms with Gasteiger partial charge in [0.1, 0.15) is 5.69 Å². The molecule has 1 atom stereocenters. The van der Waals surface area contributed by atoms with Crippen LogP contribution in [-0.4, -0.2) is 38.6 Å². The second kappa shape index (κ2) is 8.34. The van der Waals surface area contributed by atoms with Gasteiger partial charge in [0.2, 0.25) is 0 Å². The number of carbonyl (C=O) groups is 1. The highest BCUT2D eigenvalue weighted by molar-refractivity contribution is 5.98. The first-order valence-electron chi connectivity index (χ1n) is 10.3. The summed E-state index contributed by atoms with van der Waals surface area (Å²) >= 11 is 0. The largest absolute Gasteiger partial charge is 0.351 e. The minimum Gasteiger partial charge on any atom is -0.351 e. The van der Waals surface area contributed by atoms with E-state index >= 15 is 0 Å². The summed E-state index contributed by atoms with van der Waals surface area (Å²) in [5.74, 6) is -2.20. The lowest BCUT2D eigenvalue weighted by molar-refractivity contribution is -0.189. The molecule has 1 aliphatic carbocycles. The molecule has 1 aliphatic rings. The van der Waals surface area contributed by atoms with Gasteiger partial charge in [0.15, 0.2) is 0 Å². The molecule has 1 heterocycles. The molecule has 0 saturated carbocycles. The van der Waals surface area contributed by atoms with Gasteiger partial charge in [0, 0.05) is 41.2 Å². The Labute approximate surface area is 175 Å². The van der Waals surface area contributed by atoms with Crippen molar-refractivity contribution in [1.82, 2.24) is 15.2 Å². The number of hydrogen-bond acceptors (Lipinski definition) is 4. The van der Waals surface area contributed by atoms with Crippen molar-refractivity contribution in [2.24, 2.45) is 0 Å². The third-order valence-electron chi connectivity index (χ3n) is 5.66. The number of rotatable bonds is 6. The second-order valence-electron chi connectivity index (χ2n) is 7.69. The van der Waals surface area contributed by atoms with E-state index in [0.717, 1.165) is 29.4 Å². The Balaban J connectivity index is 1.49. The summed E-state index contributed by atoms with van der Waals surface area (Å²) in [5, 5.41) is 24.9. The molecular formula is C24H27N3O3. The third kappa shape index (κ3) is 4.10. The zero-order valence-corrected chi connectivity index (χ0v) is 17.0. The molecule has 3 aromatic rings. The van der Waals surface area contributed by atoms with Gasteiger partial charge in [-0.1, -0.05) is 54.6 Å². The number of fused-ring (bicyclic) bond motifs is 1. The summed E-state index contributed by atoms with van der Waals surface area (Å²) in [7, 11) is 0. The fourth-order valence-corrected chi connectivity index (χ4v) is 4.13. The van der Waals surface area contributed by atoms with Crippen LogP contribution >= 0.6 is 0 Å². The zero-order chi connectivity index (χ0) is 21.1. The number of amides is 1. The summed E-state index contributed by atoms with van der Waals surface area (Å²) in [5.41, 5.74) is 2.61. The topological polar surface area (TPSA) is 88.6 Å². The molecule has 0 aliphatic heterocycles. The van der Waals surface area contributed by atoms with Crippen LogP contribution in [0.2, 0.25) is 0 Å². The van der Waals surface area contributed by atoms with Gasteiger partial charge >= 0.3 is 0 Å². The standard InChI is InChI=1S/C24H27N3O3/c1-2-27(23(28)22-15-17-9-6-7-14-21(17)25-22)20-13-8-12-19(16-20)26-24(29,30)18-10-4-3-5-11-18/h3-7,9-12,14-15,20,25-26,29-30H,2,8,13,16H2,1H3. The number of carbonyl (C=O) groups excluding carboxylic acids is 1. The smallest absolute Gasteiger partial charge is 0.272 e. The van der Waals surface area contributed by atoms with Gasteiger partial charge in [-0.25, -0.2) is 0 Å². The molecule has 0 radical (unpaired) electrons. The van der Waals surface area contributed by atoms with Crippen LogP contribution in [0.3, 0.4) is 0 Å². The van der Waals surface area contributed by atoms with Crippen LogP contribution in [0.5, 0.6) is 0 Å². The monoisotopic (exact) mass is 405 g/mol. The lowest BCUT2D eigenvalue weighted by atomic mass is 9.96. The van der Waals surface area contributed by atoms with Crippen molar-refractivity contribution < 1.29 is 15.0 Å². The Morgan fingerprint density at radius 3 is 2.63 bits per heavy atom. The van der Waals surface area contributed by atoms with Crippen molar-refractivity contribution in [3.05, 3.63) is 83.7 Å². The second-order valence-corrected chi connectivity index (χ2v) is 7.69. The number of aromatic amines is 1. The van der Waals surface area contributed by atoms with Crippen molar-refractivity contribution in [3.63, 3.8) is 0 Å². The van der Waals surface area contributed by atoms with Gasteiger partial charge in [-0.2, -0.15) is 0 Å². The molecule has 4 rings (SSSR count). The average molecular weight is 405 g/mol. The van der Waals surface area contributed by atoms with E-state index in [-0.39, 0.29) is 11.9 Å². The quantitative estimate of drug-likeness (QED) is 0.473. The van der Waals surface area contributed by atoms with Crippen molar-refractivity contribution in [2.75, 3.05) is 6.54 Å². The van der Waals surface area contributed by atoms with E-state index in [1.165, 1.54) is 0 Å². The zero-order valence-electron chi connectivity index (χ0n) is 17.0. The van der Waals surface area contributed by atoms with Crippen molar-refractivity contribution in [1.29, 1.82) is 0 Å². The number of nitrogens with one attached hydrogen (secondary N) is 2. The summed E-state index contributed by atoms with van der Waals surface area (Å²) in [4.78, 5) is 18.3. The lowest BCUT2D eigenvalue weighted by Gasteiger charge is -2.35. The van der Waals surface area contributed by atoms with E-state index in [1.807, 2.05) is 54.3 Å². The predicted octanol–water partition coefficient (Wildman–Crippen LogP) is 3.45. The number of aromatic nitrogens is 1. The highest BCUT2D eigenvalue weighted by atomic mass is 16.5. The van der Waals surface area contributed by atoms with E-state index in [4.69, 9.17) is 0 Å². The fourth-order valence-electron chi connectivity index (χ4n) is 4.13. The molecular weight excluding hydrogens is 378 g/mol. The van der Waals surface area contributed by atoms with Crippen LogP contribution in [0, 0.1) is 0 Å². The normalized spacial score (nSPS) is 16.9. The summed E-state index contributed by atoms with van der Waals surface area (Å²) in [6, 6.07) is 18.4. The first-order chi connectivity index (χ1) is 14.5. The Morgan fingerprint density at radius 2 is 1.90 bits per heavy atom. The Hall–Kier alpha value is -3.09. The molecule has 4 N–H and O–H groups in total. The van der Waals surface area contributed by atoms with Gasteiger partial charge in [-0.15, -0.1) is 0 Å². The van der Waals surface area contributed by atoms with Crippen LogP contribution in [0.25, 0.3) is 10.9 Å². The van der Waals surface area contributed by atoms with E-state index in [0.29, 0.717) is 24.2 Å². The Morgan fingerprint density at radius 1 is 1.17 bits per heavy atom. The number of hydrogen-bond donors (Lipinski definition) is 4. The molecule has 1 aromatic heterocycles. The number of H-pyrrole nitrogens is 1. The van der Waals surface area contributed by atoms with Gasteiger partial charge in [0.05, 0.1) is 0 Å². The molecule has 30 heavy (non-hydrogen) atoms. The Kier molecular flexibility index (Phi) is 5.61.